The van der Waals surface area contributed by atoms with Crippen LogP contribution >= 0.6 is 43.2 Å². The van der Waals surface area contributed by atoms with Crippen LogP contribution in [-0.2, 0) is 16.1 Å². The predicted octanol–water partition coefficient (Wildman–Crippen LogP) is 6.84. The van der Waals surface area contributed by atoms with Gasteiger partial charge in [-0.2, -0.15) is 0 Å². The number of benzene rings is 3. The molecule has 0 amide bonds. The number of rotatable bonds is 10. The SMILES string of the molecule is CCOC(=O)C1=C(C)N=c2s/c(=C/c3cc(Br)cc(Br)c3OCc3ccc(F)cc3)c(=O)n2[C@H]1c1ccc(OC(C)C)c(OC)c1. The van der Waals surface area contributed by atoms with E-state index in [2.05, 4.69) is 36.9 Å². The molecule has 0 spiro atoms. The molecular weight excluding hydrogens is 743 g/mol. The number of hydrogen-bond donors (Lipinski definition) is 0. The summed E-state index contributed by atoms with van der Waals surface area (Å²) in [5, 5.41) is 0. The number of methoxy groups -OCH3 is 1. The number of thiazole rings is 1. The molecule has 0 bridgehead atoms. The van der Waals surface area contributed by atoms with Gasteiger partial charge in [0.05, 0.1) is 46.1 Å². The van der Waals surface area contributed by atoms with Gasteiger partial charge in [-0.1, -0.05) is 45.5 Å². The molecule has 0 unspecified atom stereocenters. The molecule has 2 heterocycles. The van der Waals surface area contributed by atoms with Crippen molar-refractivity contribution in [2.75, 3.05) is 13.7 Å². The lowest BCUT2D eigenvalue weighted by Crippen LogP contribution is -2.40. The second-order valence-corrected chi connectivity index (χ2v) is 13.4. The van der Waals surface area contributed by atoms with E-state index < -0.39 is 12.0 Å². The Kier molecular flexibility index (Phi) is 10.5. The molecule has 1 aromatic heterocycles. The normalized spacial score (nSPS) is 14.6. The Labute approximate surface area is 286 Å². The van der Waals surface area contributed by atoms with Crippen LogP contribution in [0.25, 0.3) is 6.08 Å². The number of fused-ring (bicyclic) bond motifs is 1. The number of ether oxygens (including phenoxy) is 4. The predicted molar refractivity (Wildman–Crippen MR) is 182 cm³/mol. The third-order valence-corrected chi connectivity index (χ3v) is 9.03. The fourth-order valence-electron chi connectivity index (χ4n) is 5.03. The minimum Gasteiger partial charge on any atom is -0.493 e. The van der Waals surface area contributed by atoms with Crippen molar-refractivity contribution < 1.29 is 28.1 Å². The summed E-state index contributed by atoms with van der Waals surface area (Å²) in [6.07, 6.45) is 1.65. The summed E-state index contributed by atoms with van der Waals surface area (Å²) in [4.78, 5) is 32.7. The van der Waals surface area contributed by atoms with Gasteiger partial charge in [0.15, 0.2) is 16.3 Å². The summed E-state index contributed by atoms with van der Waals surface area (Å²) in [5.74, 6) is 0.622. The molecule has 0 fully saturated rings. The molecule has 1 aliphatic rings. The molecule has 0 aliphatic carbocycles. The first kappa shape index (κ1) is 33.6. The molecular formula is C34H31Br2FN2O6S. The Morgan fingerprint density at radius 3 is 2.52 bits per heavy atom. The Morgan fingerprint density at radius 2 is 1.85 bits per heavy atom. The average Bonchev–Trinajstić information content (AvgIpc) is 3.30. The third-order valence-electron chi connectivity index (χ3n) is 7.00. The van der Waals surface area contributed by atoms with Crippen LogP contribution in [-0.4, -0.2) is 30.4 Å². The molecule has 12 heteroatoms. The van der Waals surface area contributed by atoms with Crippen molar-refractivity contribution in [1.82, 2.24) is 4.57 Å². The number of esters is 1. The lowest BCUT2D eigenvalue weighted by molar-refractivity contribution is -0.139. The van der Waals surface area contributed by atoms with Crippen molar-refractivity contribution in [3.05, 3.63) is 117 Å². The fraction of sp³-hybridized carbons (Fsp3) is 0.265. The zero-order chi connectivity index (χ0) is 33.1. The van der Waals surface area contributed by atoms with Crippen molar-refractivity contribution in [2.45, 2.75) is 46.4 Å². The molecule has 0 N–H and O–H groups in total. The third kappa shape index (κ3) is 7.13. The molecule has 1 aliphatic heterocycles. The van der Waals surface area contributed by atoms with Gasteiger partial charge in [0.2, 0.25) is 0 Å². The van der Waals surface area contributed by atoms with Gasteiger partial charge in [0.25, 0.3) is 5.56 Å². The molecule has 0 radical (unpaired) electrons. The summed E-state index contributed by atoms with van der Waals surface area (Å²) in [6.45, 7) is 7.64. The van der Waals surface area contributed by atoms with Gasteiger partial charge in [0, 0.05) is 10.0 Å². The average molecular weight is 775 g/mol. The van der Waals surface area contributed by atoms with Crippen LogP contribution in [0.5, 0.6) is 17.2 Å². The molecule has 240 valence electrons. The zero-order valence-electron chi connectivity index (χ0n) is 25.7. The van der Waals surface area contributed by atoms with E-state index in [4.69, 9.17) is 18.9 Å². The van der Waals surface area contributed by atoms with Crippen LogP contribution in [0.1, 0.15) is 50.4 Å². The number of carbonyl (C=O) groups is 1. The molecule has 5 rings (SSSR count). The maximum atomic E-state index is 14.2. The summed E-state index contributed by atoms with van der Waals surface area (Å²) in [6, 6.07) is 14.3. The largest absolute Gasteiger partial charge is 0.493 e. The number of carbonyl (C=O) groups excluding carboxylic acids is 1. The number of nitrogens with zero attached hydrogens (tertiary/aromatic N) is 2. The minimum atomic E-state index is -0.831. The van der Waals surface area contributed by atoms with Crippen LogP contribution in [0.4, 0.5) is 4.39 Å². The molecule has 0 saturated heterocycles. The van der Waals surface area contributed by atoms with Gasteiger partial charge >= 0.3 is 5.97 Å². The van der Waals surface area contributed by atoms with Crippen LogP contribution in [0.3, 0.4) is 0 Å². The molecule has 1 atom stereocenters. The van der Waals surface area contributed by atoms with Gasteiger partial charge < -0.3 is 18.9 Å². The van der Waals surface area contributed by atoms with E-state index in [1.807, 2.05) is 32.0 Å². The number of aromatic nitrogens is 1. The van der Waals surface area contributed by atoms with E-state index in [1.54, 1.807) is 44.2 Å². The molecule has 8 nitrogen and oxygen atoms in total. The van der Waals surface area contributed by atoms with Crippen molar-refractivity contribution in [3.63, 3.8) is 0 Å². The van der Waals surface area contributed by atoms with E-state index in [0.29, 0.717) is 47.9 Å². The monoisotopic (exact) mass is 772 g/mol. The maximum absolute atomic E-state index is 14.2. The molecule has 0 saturated carbocycles. The van der Waals surface area contributed by atoms with Crippen molar-refractivity contribution in [3.8, 4) is 17.2 Å². The van der Waals surface area contributed by atoms with E-state index >= 15 is 0 Å². The highest BCUT2D eigenvalue weighted by Crippen LogP contribution is 2.37. The van der Waals surface area contributed by atoms with Gasteiger partial charge in [-0.25, -0.2) is 14.2 Å². The number of halogens is 3. The van der Waals surface area contributed by atoms with E-state index in [9.17, 15) is 14.0 Å². The van der Waals surface area contributed by atoms with E-state index in [0.717, 1.165) is 10.0 Å². The Morgan fingerprint density at radius 1 is 1.11 bits per heavy atom. The first-order chi connectivity index (χ1) is 22.0. The standard InChI is InChI=1S/C34H31Br2FN2O6S/c1-6-43-33(41)29-19(4)38-34-39(30(29)21-9-12-26(45-18(2)3)27(14-21)42-5)32(40)28(46-34)15-22-13-23(35)16-25(36)31(22)44-17-20-7-10-24(37)11-8-20/h7-16,18,30H,6,17H2,1-5H3/b28-15+/t30-/m0/s1. The van der Waals surface area contributed by atoms with Gasteiger partial charge in [0.1, 0.15) is 18.2 Å². The van der Waals surface area contributed by atoms with Crippen molar-refractivity contribution in [1.29, 1.82) is 0 Å². The van der Waals surface area contributed by atoms with E-state index in [1.165, 1.54) is 35.1 Å². The fourth-order valence-corrected chi connectivity index (χ4v) is 7.44. The summed E-state index contributed by atoms with van der Waals surface area (Å²) >= 11 is 8.32. The van der Waals surface area contributed by atoms with Crippen LogP contribution < -0.4 is 29.1 Å². The Hall–Kier alpha value is -3.74. The lowest BCUT2D eigenvalue weighted by atomic mass is 9.95. The second-order valence-electron chi connectivity index (χ2n) is 10.6. The van der Waals surface area contributed by atoms with Crippen molar-refractivity contribution in [2.24, 2.45) is 4.99 Å². The quantitative estimate of drug-likeness (QED) is 0.164. The first-order valence-electron chi connectivity index (χ1n) is 14.4. The number of allylic oxidation sites excluding steroid dienone is 1. The lowest BCUT2D eigenvalue weighted by Gasteiger charge is -2.25. The molecule has 46 heavy (non-hydrogen) atoms. The van der Waals surface area contributed by atoms with Crippen molar-refractivity contribution >= 4 is 55.2 Å². The van der Waals surface area contributed by atoms with Crippen LogP contribution in [0.15, 0.2) is 84.6 Å². The second kappa shape index (κ2) is 14.4. The van der Waals surface area contributed by atoms with Gasteiger partial charge in [-0.3, -0.25) is 9.36 Å². The first-order valence-corrected chi connectivity index (χ1v) is 16.8. The topological polar surface area (TPSA) is 88.4 Å². The number of hydrogen-bond acceptors (Lipinski definition) is 8. The Balaban J connectivity index is 1.66. The smallest absolute Gasteiger partial charge is 0.338 e. The van der Waals surface area contributed by atoms with E-state index in [-0.39, 0.29) is 36.3 Å². The van der Waals surface area contributed by atoms with Gasteiger partial charge in [-0.05, 0) is 97.2 Å². The summed E-state index contributed by atoms with van der Waals surface area (Å²) < 4.78 is 39.9. The Bertz CT molecular complexity index is 2000. The summed E-state index contributed by atoms with van der Waals surface area (Å²) in [7, 11) is 1.54. The maximum Gasteiger partial charge on any atom is 0.338 e. The summed E-state index contributed by atoms with van der Waals surface area (Å²) in [5.41, 5.74) is 2.41. The van der Waals surface area contributed by atoms with Crippen LogP contribution in [0.2, 0.25) is 0 Å². The minimum absolute atomic E-state index is 0.0859. The van der Waals surface area contributed by atoms with Gasteiger partial charge in [-0.15, -0.1) is 0 Å². The molecule has 3 aromatic carbocycles. The highest BCUT2D eigenvalue weighted by atomic mass is 79.9. The highest BCUT2D eigenvalue weighted by molar-refractivity contribution is 9.11. The zero-order valence-corrected chi connectivity index (χ0v) is 29.7. The molecule has 4 aromatic rings. The van der Waals surface area contributed by atoms with Crippen LogP contribution in [0, 0.1) is 5.82 Å². The highest BCUT2D eigenvalue weighted by Gasteiger charge is 2.34.